The number of carbonyl (C=O) groups is 1. The molecule has 1 amide bonds. The van der Waals surface area contributed by atoms with Crippen molar-refractivity contribution in [1.29, 1.82) is 0 Å². The van der Waals surface area contributed by atoms with Crippen LogP contribution in [0.25, 0.3) is 11.4 Å². The first-order valence-electron chi connectivity index (χ1n) is 11.4. The van der Waals surface area contributed by atoms with E-state index in [1.165, 1.54) is 16.4 Å². The summed E-state index contributed by atoms with van der Waals surface area (Å²) in [5.74, 6) is 0.321. The number of aryl methyl sites for hydroxylation is 1. The molecule has 1 fully saturated rings. The summed E-state index contributed by atoms with van der Waals surface area (Å²) in [6.07, 6.45) is 5.77. The second kappa shape index (κ2) is 9.66. The van der Waals surface area contributed by atoms with Gasteiger partial charge in [-0.2, -0.15) is 0 Å². The van der Waals surface area contributed by atoms with Crippen molar-refractivity contribution in [2.45, 2.75) is 58.4 Å². The minimum absolute atomic E-state index is 0.0886. The molecule has 8 nitrogen and oxygen atoms in total. The molecule has 1 unspecified atom stereocenters. The third-order valence-electron chi connectivity index (χ3n) is 6.19. The summed E-state index contributed by atoms with van der Waals surface area (Å²) in [5, 5.41) is 11.3. The zero-order chi connectivity index (χ0) is 22.7. The van der Waals surface area contributed by atoms with E-state index in [4.69, 9.17) is 0 Å². The lowest BCUT2D eigenvalue weighted by Crippen LogP contribution is -2.44. The Bertz CT molecular complexity index is 1090. The zero-order valence-electron chi connectivity index (χ0n) is 18.4. The Morgan fingerprint density at radius 2 is 2.03 bits per heavy atom. The van der Waals surface area contributed by atoms with Crippen LogP contribution in [0.3, 0.4) is 0 Å². The number of nitrogens with one attached hydrogen (secondary N) is 1. The molecule has 2 aliphatic heterocycles. The second-order valence-electron chi connectivity index (χ2n) is 8.60. The number of piperidine rings is 1. The fourth-order valence-electron chi connectivity index (χ4n) is 4.50. The molecule has 174 valence electrons. The van der Waals surface area contributed by atoms with Crippen molar-refractivity contribution < 1.29 is 17.6 Å². The first-order chi connectivity index (χ1) is 15.4. The summed E-state index contributed by atoms with van der Waals surface area (Å²) in [4.78, 5) is 12.9. The Hall–Kier alpha value is -2.33. The van der Waals surface area contributed by atoms with Crippen LogP contribution in [0.15, 0.2) is 18.2 Å². The van der Waals surface area contributed by atoms with Gasteiger partial charge in [0.15, 0.2) is 5.82 Å². The molecule has 0 saturated carbocycles. The number of nitrogens with zero attached hydrogens (tertiary/aromatic N) is 4. The summed E-state index contributed by atoms with van der Waals surface area (Å²) >= 11 is 0. The minimum Gasteiger partial charge on any atom is -0.326 e. The van der Waals surface area contributed by atoms with E-state index in [9.17, 15) is 17.6 Å². The molecule has 10 heteroatoms. The number of hydrogen-bond acceptors (Lipinski definition) is 5. The van der Waals surface area contributed by atoms with Gasteiger partial charge in [0, 0.05) is 31.7 Å². The number of halogens is 1. The van der Waals surface area contributed by atoms with Gasteiger partial charge in [-0.1, -0.05) is 13.3 Å². The van der Waals surface area contributed by atoms with Gasteiger partial charge in [0.25, 0.3) is 0 Å². The van der Waals surface area contributed by atoms with Gasteiger partial charge >= 0.3 is 0 Å². The van der Waals surface area contributed by atoms with Crippen LogP contribution in [0.2, 0.25) is 0 Å². The van der Waals surface area contributed by atoms with E-state index >= 15 is 0 Å². The number of amides is 1. The standard InChI is InChI=1S/C22H30FN5O3S/c1-2-13-32(30,31)27-11-6-7-16(15-27)22(29)24-17-9-10-19(23)18(14-17)21-26-25-20-8-4-3-5-12-28(20)21/h9-10,14,16H,2-8,11-13,15H2,1H3,(H,24,29). The van der Waals surface area contributed by atoms with E-state index < -0.39 is 21.8 Å². The van der Waals surface area contributed by atoms with Gasteiger partial charge in [0.1, 0.15) is 11.6 Å². The molecule has 1 saturated heterocycles. The highest BCUT2D eigenvalue weighted by molar-refractivity contribution is 7.89. The predicted octanol–water partition coefficient (Wildman–Crippen LogP) is 3.20. The van der Waals surface area contributed by atoms with Crippen LogP contribution >= 0.6 is 0 Å². The molecule has 1 aromatic carbocycles. The van der Waals surface area contributed by atoms with Crippen LogP contribution < -0.4 is 5.32 Å². The fraction of sp³-hybridized carbons (Fsp3) is 0.591. The van der Waals surface area contributed by atoms with E-state index in [-0.39, 0.29) is 18.2 Å². The van der Waals surface area contributed by atoms with Crippen molar-refractivity contribution >= 4 is 21.6 Å². The van der Waals surface area contributed by atoms with E-state index in [0.717, 1.165) is 38.1 Å². The lowest BCUT2D eigenvalue weighted by atomic mass is 9.98. The zero-order valence-corrected chi connectivity index (χ0v) is 19.2. The van der Waals surface area contributed by atoms with Crippen molar-refractivity contribution in [3.05, 3.63) is 29.8 Å². The molecule has 0 aliphatic carbocycles. The molecular weight excluding hydrogens is 433 g/mol. The lowest BCUT2D eigenvalue weighted by molar-refractivity contribution is -0.120. The largest absolute Gasteiger partial charge is 0.326 e. The second-order valence-corrected chi connectivity index (χ2v) is 10.7. The number of carbonyl (C=O) groups excluding carboxylic acids is 1. The monoisotopic (exact) mass is 463 g/mol. The van der Waals surface area contributed by atoms with E-state index in [2.05, 4.69) is 15.5 Å². The van der Waals surface area contributed by atoms with Gasteiger partial charge in [0.2, 0.25) is 15.9 Å². The topological polar surface area (TPSA) is 97.2 Å². The smallest absolute Gasteiger partial charge is 0.228 e. The molecule has 32 heavy (non-hydrogen) atoms. The molecule has 1 atom stereocenters. The Labute approximate surface area is 188 Å². The average Bonchev–Trinajstić information content (AvgIpc) is 3.02. The molecule has 3 heterocycles. The lowest BCUT2D eigenvalue weighted by Gasteiger charge is -2.31. The summed E-state index contributed by atoms with van der Waals surface area (Å²) in [6, 6.07) is 4.43. The van der Waals surface area contributed by atoms with Gasteiger partial charge in [-0.3, -0.25) is 4.79 Å². The number of aromatic nitrogens is 3. The van der Waals surface area contributed by atoms with Gasteiger partial charge < -0.3 is 9.88 Å². The van der Waals surface area contributed by atoms with E-state index in [1.54, 1.807) is 6.07 Å². The maximum atomic E-state index is 14.7. The maximum Gasteiger partial charge on any atom is 0.228 e. The first-order valence-corrected chi connectivity index (χ1v) is 13.0. The van der Waals surface area contributed by atoms with Gasteiger partial charge in [-0.15, -0.1) is 10.2 Å². The molecule has 2 aromatic rings. The quantitative estimate of drug-likeness (QED) is 0.710. The third kappa shape index (κ3) is 4.85. The summed E-state index contributed by atoms with van der Waals surface area (Å²) in [5.41, 5.74) is 0.769. The predicted molar refractivity (Wildman–Crippen MR) is 120 cm³/mol. The molecule has 0 radical (unpaired) electrons. The highest BCUT2D eigenvalue weighted by Gasteiger charge is 2.32. The van der Waals surface area contributed by atoms with Crippen LogP contribution in [0.1, 0.15) is 51.3 Å². The average molecular weight is 464 g/mol. The van der Waals surface area contributed by atoms with Gasteiger partial charge in [-0.25, -0.2) is 17.1 Å². The van der Waals surface area contributed by atoms with Crippen LogP contribution in [-0.2, 0) is 27.8 Å². The van der Waals surface area contributed by atoms with Crippen molar-refractivity contribution in [3.8, 4) is 11.4 Å². The van der Waals surface area contributed by atoms with Crippen molar-refractivity contribution in [3.63, 3.8) is 0 Å². The Kier molecular flexibility index (Phi) is 6.90. The molecule has 1 N–H and O–H groups in total. The van der Waals surface area contributed by atoms with Gasteiger partial charge in [0.05, 0.1) is 17.2 Å². The number of rotatable bonds is 6. The Balaban J connectivity index is 1.51. The Morgan fingerprint density at radius 1 is 1.19 bits per heavy atom. The molecule has 4 rings (SSSR count). The summed E-state index contributed by atoms with van der Waals surface area (Å²) in [6.45, 7) is 3.20. The third-order valence-corrected chi connectivity index (χ3v) is 8.24. The highest BCUT2D eigenvalue weighted by atomic mass is 32.2. The normalized spacial score (nSPS) is 19.9. The molecule has 2 aliphatic rings. The molecule has 1 aromatic heterocycles. The molecular formula is C22H30FN5O3S. The number of benzene rings is 1. The van der Waals surface area contributed by atoms with E-state index in [0.29, 0.717) is 42.9 Å². The van der Waals surface area contributed by atoms with Crippen LogP contribution in [0.5, 0.6) is 0 Å². The number of hydrogen-bond donors (Lipinski definition) is 1. The van der Waals surface area contributed by atoms with E-state index in [1.807, 2.05) is 11.5 Å². The SMILES string of the molecule is CCCS(=O)(=O)N1CCCC(C(=O)Nc2ccc(F)c(-c3nnc4n3CCCCC4)c2)C1. The number of sulfonamides is 1. The Morgan fingerprint density at radius 3 is 2.84 bits per heavy atom. The van der Waals surface area contributed by atoms with Crippen molar-refractivity contribution in [2.75, 3.05) is 24.2 Å². The van der Waals surface area contributed by atoms with Gasteiger partial charge in [-0.05, 0) is 50.3 Å². The molecule has 0 spiro atoms. The van der Waals surface area contributed by atoms with Crippen molar-refractivity contribution in [1.82, 2.24) is 19.1 Å². The minimum atomic E-state index is -3.34. The van der Waals surface area contributed by atoms with Crippen molar-refractivity contribution in [2.24, 2.45) is 5.92 Å². The maximum absolute atomic E-state index is 14.7. The first kappa shape index (κ1) is 22.8. The number of fused-ring (bicyclic) bond motifs is 1. The number of anilines is 1. The highest BCUT2D eigenvalue weighted by Crippen LogP contribution is 2.28. The summed E-state index contributed by atoms with van der Waals surface area (Å²) in [7, 11) is -3.34. The van der Waals surface area contributed by atoms with Crippen LogP contribution in [0, 0.1) is 11.7 Å². The fourth-order valence-corrected chi connectivity index (χ4v) is 6.09. The van der Waals surface area contributed by atoms with Crippen LogP contribution in [-0.4, -0.2) is 52.2 Å². The van der Waals surface area contributed by atoms with Crippen LogP contribution in [0.4, 0.5) is 10.1 Å². The summed E-state index contributed by atoms with van der Waals surface area (Å²) < 4.78 is 42.9. The molecule has 0 bridgehead atoms.